The number of piperidine rings is 1. The summed E-state index contributed by atoms with van der Waals surface area (Å²) < 4.78 is 0. The fourth-order valence-electron chi connectivity index (χ4n) is 2.61. The first kappa shape index (κ1) is 11.7. The Labute approximate surface area is 99.5 Å². The highest BCUT2D eigenvalue weighted by atomic mass is 15.1. The molecule has 0 radical (unpaired) electrons. The average Bonchev–Trinajstić information content (AvgIpc) is 2.30. The van der Waals surface area contributed by atoms with Crippen LogP contribution in [0.4, 0.5) is 0 Å². The predicted octanol–water partition coefficient (Wildman–Crippen LogP) is 3.58. The molecule has 1 atom stereocenters. The van der Waals surface area contributed by atoms with E-state index < -0.39 is 0 Å². The van der Waals surface area contributed by atoms with Gasteiger partial charge in [-0.25, -0.2) is 0 Å². The third-order valence-electron chi connectivity index (χ3n) is 3.59. The van der Waals surface area contributed by atoms with Gasteiger partial charge in [-0.1, -0.05) is 43.2 Å². The van der Waals surface area contributed by atoms with E-state index in [2.05, 4.69) is 43.0 Å². The summed E-state index contributed by atoms with van der Waals surface area (Å²) in [6, 6.07) is 8.95. The summed E-state index contributed by atoms with van der Waals surface area (Å²) in [5, 5.41) is 0. The summed E-state index contributed by atoms with van der Waals surface area (Å²) in [7, 11) is 0. The zero-order valence-corrected chi connectivity index (χ0v) is 10.6. The van der Waals surface area contributed by atoms with Crippen LogP contribution < -0.4 is 0 Å². The number of hydrogen-bond acceptors (Lipinski definition) is 1. The minimum Gasteiger partial charge on any atom is -0.303 e. The number of benzene rings is 1. The molecule has 88 valence electrons. The first-order valence-corrected chi connectivity index (χ1v) is 6.54. The Morgan fingerprint density at radius 1 is 1.19 bits per heavy atom. The summed E-state index contributed by atoms with van der Waals surface area (Å²) in [5.41, 5.74) is 2.87. The van der Waals surface area contributed by atoms with Crippen molar-refractivity contribution < 1.29 is 0 Å². The van der Waals surface area contributed by atoms with Gasteiger partial charge in [0.05, 0.1) is 0 Å². The zero-order chi connectivity index (χ0) is 11.4. The molecule has 0 N–H and O–H groups in total. The second-order valence-corrected chi connectivity index (χ2v) is 5.18. The standard InChI is InChI=1S/C15H23N/c1-13-7-6-8-15(11-13)14(2)12-16-9-4-3-5-10-16/h6-8,11,14H,3-5,9-10,12H2,1-2H3. The number of rotatable bonds is 3. The molecule has 0 amide bonds. The van der Waals surface area contributed by atoms with E-state index in [-0.39, 0.29) is 0 Å². The van der Waals surface area contributed by atoms with Gasteiger partial charge in [0.15, 0.2) is 0 Å². The summed E-state index contributed by atoms with van der Waals surface area (Å²) in [5.74, 6) is 0.665. The quantitative estimate of drug-likeness (QED) is 0.748. The SMILES string of the molecule is Cc1cccc(C(C)CN2CCCCC2)c1. The zero-order valence-electron chi connectivity index (χ0n) is 10.6. The van der Waals surface area contributed by atoms with Crippen molar-refractivity contribution >= 4 is 0 Å². The Bertz CT molecular complexity index is 326. The molecule has 1 heterocycles. The molecule has 1 aromatic rings. The molecule has 0 spiro atoms. The van der Waals surface area contributed by atoms with Crippen LogP contribution in [-0.2, 0) is 0 Å². The van der Waals surface area contributed by atoms with Crippen molar-refractivity contribution in [2.75, 3.05) is 19.6 Å². The Kier molecular flexibility index (Phi) is 4.00. The van der Waals surface area contributed by atoms with Crippen LogP contribution in [-0.4, -0.2) is 24.5 Å². The molecule has 1 aliphatic rings. The van der Waals surface area contributed by atoms with Crippen LogP contribution in [0.2, 0.25) is 0 Å². The maximum atomic E-state index is 2.62. The van der Waals surface area contributed by atoms with Crippen LogP contribution in [0.15, 0.2) is 24.3 Å². The van der Waals surface area contributed by atoms with E-state index >= 15 is 0 Å². The van der Waals surface area contributed by atoms with Crippen LogP contribution in [0.3, 0.4) is 0 Å². The van der Waals surface area contributed by atoms with E-state index in [9.17, 15) is 0 Å². The van der Waals surface area contributed by atoms with Gasteiger partial charge in [-0.3, -0.25) is 0 Å². The van der Waals surface area contributed by atoms with Crippen molar-refractivity contribution in [2.45, 2.75) is 39.0 Å². The third kappa shape index (κ3) is 3.08. The largest absolute Gasteiger partial charge is 0.303 e. The molecule has 1 unspecified atom stereocenters. The van der Waals surface area contributed by atoms with Crippen LogP contribution in [0.5, 0.6) is 0 Å². The molecule has 16 heavy (non-hydrogen) atoms. The smallest absolute Gasteiger partial charge is 0.00476 e. The molecule has 1 aliphatic heterocycles. The molecule has 0 aliphatic carbocycles. The summed E-state index contributed by atoms with van der Waals surface area (Å²) in [6.45, 7) is 8.36. The molecule has 1 fully saturated rings. The number of likely N-dealkylation sites (tertiary alicyclic amines) is 1. The van der Waals surface area contributed by atoms with Gasteiger partial charge in [0.25, 0.3) is 0 Å². The van der Waals surface area contributed by atoms with Crippen LogP contribution >= 0.6 is 0 Å². The molecule has 1 aromatic carbocycles. The van der Waals surface area contributed by atoms with Gasteiger partial charge in [-0.15, -0.1) is 0 Å². The first-order valence-electron chi connectivity index (χ1n) is 6.54. The maximum Gasteiger partial charge on any atom is 0.00476 e. The van der Waals surface area contributed by atoms with Crippen molar-refractivity contribution in [1.29, 1.82) is 0 Å². The second kappa shape index (κ2) is 5.49. The second-order valence-electron chi connectivity index (χ2n) is 5.18. The lowest BCUT2D eigenvalue weighted by atomic mass is 9.98. The molecule has 0 bridgehead atoms. The normalized spacial score (nSPS) is 19.6. The summed E-state index contributed by atoms with van der Waals surface area (Å²) >= 11 is 0. The first-order chi connectivity index (χ1) is 7.75. The lowest BCUT2D eigenvalue weighted by molar-refractivity contribution is 0.219. The van der Waals surface area contributed by atoms with E-state index in [0.29, 0.717) is 5.92 Å². The minimum absolute atomic E-state index is 0.665. The number of aryl methyl sites for hydroxylation is 1. The summed E-state index contributed by atoms with van der Waals surface area (Å²) in [4.78, 5) is 2.62. The molecule has 1 saturated heterocycles. The van der Waals surface area contributed by atoms with Gasteiger partial charge in [0, 0.05) is 6.54 Å². The average molecular weight is 217 g/mol. The molecule has 2 rings (SSSR count). The van der Waals surface area contributed by atoms with Crippen molar-refractivity contribution in [2.24, 2.45) is 0 Å². The van der Waals surface area contributed by atoms with Crippen LogP contribution in [0.25, 0.3) is 0 Å². The molecule has 0 aromatic heterocycles. The highest BCUT2D eigenvalue weighted by molar-refractivity contribution is 5.25. The van der Waals surface area contributed by atoms with Crippen molar-refractivity contribution in [1.82, 2.24) is 4.90 Å². The summed E-state index contributed by atoms with van der Waals surface area (Å²) in [6.07, 6.45) is 4.20. The number of nitrogens with zero attached hydrogens (tertiary/aromatic N) is 1. The van der Waals surface area contributed by atoms with Crippen molar-refractivity contribution in [3.63, 3.8) is 0 Å². The lowest BCUT2D eigenvalue weighted by Crippen LogP contribution is -2.32. The molecular formula is C15H23N. The highest BCUT2D eigenvalue weighted by Gasteiger charge is 2.14. The predicted molar refractivity (Wildman–Crippen MR) is 69.9 cm³/mol. The Hall–Kier alpha value is -0.820. The monoisotopic (exact) mass is 217 g/mol. The Morgan fingerprint density at radius 2 is 1.94 bits per heavy atom. The Balaban J connectivity index is 1.94. The van der Waals surface area contributed by atoms with Crippen molar-refractivity contribution in [3.8, 4) is 0 Å². The van der Waals surface area contributed by atoms with Gasteiger partial charge in [0.1, 0.15) is 0 Å². The fourth-order valence-corrected chi connectivity index (χ4v) is 2.61. The van der Waals surface area contributed by atoms with E-state index in [1.165, 1.54) is 50.0 Å². The van der Waals surface area contributed by atoms with Gasteiger partial charge < -0.3 is 4.90 Å². The number of hydrogen-bond donors (Lipinski definition) is 0. The third-order valence-corrected chi connectivity index (χ3v) is 3.59. The lowest BCUT2D eigenvalue weighted by Gasteiger charge is -2.29. The fraction of sp³-hybridized carbons (Fsp3) is 0.600. The molecule has 1 nitrogen and oxygen atoms in total. The maximum absolute atomic E-state index is 2.62. The van der Waals surface area contributed by atoms with E-state index in [1.807, 2.05) is 0 Å². The highest BCUT2D eigenvalue weighted by Crippen LogP contribution is 2.19. The van der Waals surface area contributed by atoms with Crippen LogP contribution in [0, 0.1) is 6.92 Å². The van der Waals surface area contributed by atoms with Gasteiger partial charge in [-0.05, 0) is 44.3 Å². The van der Waals surface area contributed by atoms with Gasteiger partial charge in [-0.2, -0.15) is 0 Å². The van der Waals surface area contributed by atoms with E-state index in [1.54, 1.807) is 0 Å². The molecular weight excluding hydrogens is 194 g/mol. The Morgan fingerprint density at radius 3 is 2.62 bits per heavy atom. The molecule has 1 heteroatoms. The van der Waals surface area contributed by atoms with E-state index in [4.69, 9.17) is 0 Å². The minimum atomic E-state index is 0.665. The molecule has 0 saturated carbocycles. The van der Waals surface area contributed by atoms with Gasteiger partial charge >= 0.3 is 0 Å². The topological polar surface area (TPSA) is 3.24 Å². The van der Waals surface area contributed by atoms with Crippen LogP contribution in [0.1, 0.15) is 43.2 Å². The van der Waals surface area contributed by atoms with Gasteiger partial charge in [0.2, 0.25) is 0 Å². The van der Waals surface area contributed by atoms with E-state index in [0.717, 1.165) is 0 Å². The van der Waals surface area contributed by atoms with Crippen molar-refractivity contribution in [3.05, 3.63) is 35.4 Å².